The molecule has 0 amide bonds. The molecule has 0 aliphatic heterocycles. The van der Waals surface area contributed by atoms with Gasteiger partial charge in [0.05, 0.1) is 0 Å². The van der Waals surface area contributed by atoms with E-state index >= 15 is 0 Å². The molecular weight excluding hydrogens is 625 g/mol. The van der Waals surface area contributed by atoms with Crippen LogP contribution in [0.1, 0.15) is 0 Å². The van der Waals surface area contributed by atoms with Crippen LogP contribution in [0.2, 0.25) is 0 Å². The van der Waals surface area contributed by atoms with Gasteiger partial charge in [-0.2, -0.15) is 0 Å². The lowest BCUT2D eigenvalue weighted by atomic mass is 9.85. The van der Waals surface area contributed by atoms with Gasteiger partial charge in [-0.1, -0.05) is 109 Å². The zero-order chi connectivity index (χ0) is 33.2. The van der Waals surface area contributed by atoms with E-state index in [4.69, 9.17) is 13.3 Å². The molecule has 3 heteroatoms. The third-order valence-corrected chi connectivity index (χ3v) is 10.8. The fourth-order valence-corrected chi connectivity index (χ4v) is 8.60. The highest BCUT2D eigenvalue weighted by atomic mass is 16.3. The minimum atomic E-state index is 0.858. The molecule has 0 saturated carbocycles. The molecule has 0 saturated heterocycles. The minimum Gasteiger partial charge on any atom is -0.456 e. The van der Waals surface area contributed by atoms with Gasteiger partial charge < -0.3 is 13.3 Å². The van der Waals surface area contributed by atoms with Crippen molar-refractivity contribution in [2.24, 2.45) is 0 Å². The van der Waals surface area contributed by atoms with Crippen LogP contribution < -0.4 is 0 Å². The molecule has 12 rings (SSSR count). The van der Waals surface area contributed by atoms with Gasteiger partial charge in [0, 0.05) is 32.3 Å². The zero-order valence-electron chi connectivity index (χ0n) is 27.2. The van der Waals surface area contributed by atoms with E-state index in [-0.39, 0.29) is 0 Å². The molecule has 3 nitrogen and oxygen atoms in total. The second-order valence-corrected chi connectivity index (χ2v) is 13.6. The number of hydrogen-bond acceptors (Lipinski definition) is 3. The first kappa shape index (κ1) is 27.0. The average molecular weight is 651 g/mol. The Hall–Kier alpha value is -6.84. The molecule has 0 spiro atoms. The SMILES string of the molecule is c1ccc2c(c1)ccc1oc3cc4c(cc3c12)oc1ccc(-c2c3ccccc3c(-c3ccc5c(c3)oc3ccccc35)c3ccccc23)cc14. The van der Waals surface area contributed by atoms with Gasteiger partial charge in [-0.05, 0) is 103 Å². The van der Waals surface area contributed by atoms with E-state index < -0.39 is 0 Å². The van der Waals surface area contributed by atoms with E-state index in [1.807, 2.05) is 12.1 Å². The Morgan fingerprint density at radius 1 is 0.255 bits per heavy atom. The molecule has 0 aliphatic rings. The summed E-state index contributed by atoms with van der Waals surface area (Å²) in [5.41, 5.74) is 9.98. The summed E-state index contributed by atoms with van der Waals surface area (Å²) in [5, 5.41) is 13.8. The van der Waals surface area contributed by atoms with Crippen LogP contribution in [0.4, 0.5) is 0 Å². The monoisotopic (exact) mass is 650 g/mol. The summed E-state index contributed by atoms with van der Waals surface area (Å²) < 4.78 is 19.4. The number of rotatable bonds is 2. The van der Waals surface area contributed by atoms with Crippen molar-refractivity contribution in [3.05, 3.63) is 158 Å². The lowest BCUT2D eigenvalue weighted by molar-refractivity contribution is 0.664. The maximum atomic E-state index is 6.54. The molecule has 0 fully saturated rings. The fourth-order valence-electron chi connectivity index (χ4n) is 8.60. The van der Waals surface area contributed by atoms with E-state index in [0.29, 0.717) is 0 Å². The first-order valence-electron chi connectivity index (χ1n) is 17.3. The largest absolute Gasteiger partial charge is 0.456 e. The Labute approximate surface area is 290 Å². The molecule has 3 heterocycles. The molecule has 236 valence electrons. The molecule has 12 aromatic rings. The van der Waals surface area contributed by atoms with Crippen molar-refractivity contribution in [1.29, 1.82) is 0 Å². The molecule has 0 aliphatic carbocycles. The minimum absolute atomic E-state index is 0.858. The highest BCUT2D eigenvalue weighted by Gasteiger charge is 2.20. The van der Waals surface area contributed by atoms with Gasteiger partial charge in [-0.25, -0.2) is 0 Å². The van der Waals surface area contributed by atoms with Crippen molar-refractivity contribution < 1.29 is 13.3 Å². The lowest BCUT2D eigenvalue weighted by Crippen LogP contribution is -1.90. The van der Waals surface area contributed by atoms with Gasteiger partial charge in [0.15, 0.2) is 0 Å². The van der Waals surface area contributed by atoms with E-state index in [0.717, 1.165) is 76.9 Å². The number of furan rings is 3. The Bertz CT molecular complexity index is 3370. The molecule has 0 bridgehead atoms. The van der Waals surface area contributed by atoms with Gasteiger partial charge in [0.2, 0.25) is 0 Å². The summed E-state index contributed by atoms with van der Waals surface area (Å²) in [6.07, 6.45) is 0. The van der Waals surface area contributed by atoms with E-state index in [2.05, 4.69) is 146 Å². The molecule has 9 aromatic carbocycles. The van der Waals surface area contributed by atoms with Crippen LogP contribution in [0.15, 0.2) is 171 Å². The van der Waals surface area contributed by atoms with Crippen LogP contribution in [0.25, 0.3) is 120 Å². The second kappa shape index (κ2) is 9.87. The van der Waals surface area contributed by atoms with Crippen LogP contribution in [0.3, 0.4) is 0 Å². The number of fused-ring (bicyclic) bond motifs is 13. The molecule has 51 heavy (non-hydrogen) atoms. The number of hydrogen-bond donors (Lipinski definition) is 0. The summed E-state index contributed by atoms with van der Waals surface area (Å²) in [4.78, 5) is 0. The summed E-state index contributed by atoms with van der Waals surface area (Å²) in [5.74, 6) is 0. The first-order chi connectivity index (χ1) is 25.3. The zero-order valence-corrected chi connectivity index (χ0v) is 27.2. The van der Waals surface area contributed by atoms with Gasteiger partial charge >= 0.3 is 0 Å². The van der Waals surface area contributed by atoms with Crippen LogP contribution in [0, 0.1) is 0 Å². The maximum absolute atomic E-state index is 6.54. The predicted octanol–water partition coefficient (Wildman–Crippen LogP) is 14.2. The predicted molar refractivity (Wildman–Crippen MR) is 212 cm³/mol. The van der Waals surface area contributed by atoms with Gasteiger partial charge in [-0.3, -0.25) is 0 Å². The Kier molecular flexibility index (Phi) is 5.23. The maximum Gasteiger partial charge on any atom is 0.136 e. The van der Waals surface area contributed by atoms with Crippen molar-refractivity contribution in [1.82, 2.24) is 0 Å². The quantitative estimate of drug-likeness (QED) is 0.175. The van der Waals surface area contributed by atoms with Crippen molar-refractivity contribution >= 4 is 98.1 Å². The Balaban J connectivity index is 1.10. The fraction of sp³-hybridized carbons (Fsp3) is 0. The highest BCUT2D eigenvalue weighted by molar-refractivity contribution is 6.24. The summed E-state index contributed by atoms with van der Waals surface area (Å²) in [6.45, 7) is 0. The smallest absolute Gasteiger partial charge is 0.136 e. The summed E-state index contributed by atoms with van der Waals surface area (Å²) in [7, 11) is 0. The normalized spacial score (nSPS) is 12.3. The molecule has 0 radical (unpaired) electrons. The summed E-state index contributed by atoms with van der Waals surface area (Å²) in [6, 6.07) is 56.0. The third kappa shape index (κ3) is 3.72. The first-order valence-corrected chi connectivity index (χ1v) is 17.3. The standard InChI is InChI=1S/C48H26O3/c1-2-10-30-27(9-1)18-22-42-48(30)39-26-44-38(25-45(39)51-42)37-23-28(19-21-41(37)50-44)46-33-12-3-5-14-35(33)47(36-15-6-4-13-34(36)46)29-17-20-32-31-11-7-8-16-40(31)49-43(32)24-29/h1-26H. The van der Waals surface area contributed by atoms with Crippen molar-refractivity contribution in [2.45, 2.75) is 0 Å². The average Bonchev–Trinajstić information content (AvgIpc) is 3.86. The second-order valence-electron chi connectivity index (χ2n) is 13.6. The molecule has 3 aromatic heterocycles. The van der Waals surface area contributed by atoms with Gasteiger partial charge in [-0.15, -0.1) is 0 Å². The van der Waals surface area contributed by atoms with Crippen LogP contribution in [-0.4, -0.2) is 0 Å². The van der Waals surface area contributed by atoms with Gasteiger partial charge in [0.1, 0.15) is 33.5 Å². The van der Waals surface area contributed by atoms with Crippen molar-refractivity contribution in [3.63, 3.8) is 0 Å². The molecule has 0 atom stereocenters. The topological polar surface area (TPSA) is 39.4 Å². The Morgan fingerprint density at radius 3 is 1.47 bits per heavy atom. The van der Waals surface area contributed by atoms with Gasteiger partial charge in [0.25, 0.3) is 0 Å². The van der Waals surface area contributed by atoms with Crippen molar-refractivity contribution in [3.8, 4) is 22.3 Å². The third-order valence-electron chi connectivity index (χ3n) is 10.8. The van der Waals surface area contributed by atoms with E-state index in [1.54, 1.807) is 0 Å². The van der Waals surface area contributed by atoms with Crippen LogP contribution in [0.5, 0.6) is 0 Å². The highest BCUT2D eigenvalue weighted by Crippen LogP contribution is 2.46. The summed E-state index contributed by atoms with van der Waals surface area (Å²) >= 11 is 0. The lowest BCUT2D eigenvalue weighted by Gasteiger charge is -2.17. The number of benzene rings is 9. The molecule has 0 N–H and O–H groups in total. The molecular formula is C48H26O3. The Morgan fingerprint density at radius 2 is 0.725 bits per heavy atom. The van der Waals surface area contributed by atoms with Crippen LogP contribution >= 0.6 is 0 Å². The number of para-hydroxylation sites is 1. The van der Waals surface area contributed by atoms with E-state index in [9.17, 15) is 0 Å². The van der Waals surface area contributed by atoms with Crippen LogP contribution in [-0.2, 0) is 0 Å². The van der Waals surface area contributed by atoms with E-state index in [1.165, 1.54) is 43.4 Å². The molecule has 0 unspecified atom stereocenters. The van der Waals surface area contributed by atoms with Crippen molar-refractivity contribution in [2.75, 3.05) is 0 Å².